The average Bonchev–Trinajstić information content (AvgIpc) is 2.85. The molecule has 1 N–H and O–H groups in total. The van der Waals surface area contributed by atoms with Crippen LogP contribution in [0.3, 0.4) is 0 Å². The maximum Gasteiger partial charge on any atom is 0.250 e. The highest BCUT2D eigenvalue weighted by Gasteiger charge is 2.08. The summed E-state index contributed by atoms with van der Waals surface area (Å²) in [5.41, 5.74) is 2.17. The Morgan fingerprint density at radius 2 is 2.15 bits per heavy atom. The third-order valence-corrected chi connectivity index (χ3v) is 3.77. The quantitative estimate of drug-likeness (QED) is 0.874. The van der Waals surface area contributed by atoms with E-state index in [1.54, 1.807) is 6.08 Å². The van der Waals surface area contributed by atoms with Gasteiger partial charge in [0, 0.05) is 12.0 Å². The normalized spacial score (nSPS) is 11.2. The number of rotatable bonds is 4. The van der Waals surface area contributed by atoms with E-state index in [0.29, 0.717) is 11.0 Å². The van der Waals surface area contributed by atoms with E-state index in [2.05, 4.69) is 15.5 Å². The lowest BCUT2D eigenvalue weighted by Gasteiger charge is -1.97. The van der Waals surface area contributed by atoms with Crippen LogP contribution in [0.4, 0.5) is 5.13 Å². The van der Waals surface area contributed by atoms with Crippen LogP contribution in [0.1, 0.15) is 35.9 Å². The van der Waals surface area contributed by atoms with Crippen LogP contribution in [-0.4, -0.2) is 16.1 Å². The molecule has 0 saturated heterocycles. The van der Waals surface area contributed by atoms with Gasteiger partial charge in [-0.15, -0.1) is 10.2 Å². The van der Waals surface area contributed by atoms with Gasteiger partial charge in [-0.2, -0.15) is 0 Å². The molecule has 0 saturated carbocycles. The molecule has 0 aliphatic carbocycles. The third kappa shape index (κ3) is 3.99. The van der Waals surface area contributed by atoms with Gasteiger partial charge in [-0.25, -0.2) is 0 Å². The van der Waals surface area contributed by atoms with Gasteiger partial charge >= 0.3 is 0 Å². The number of carbonyl (C=O) groups excluding carboxylic acids is 1. The van der Waals surface area contributed by atoms with Gasteiger partial charge in [0.25, 0.3) is 0 Å². The summed E-state index contributed by atoms with van der Waals surface area (Å²) in [5, 5.41) is 12.2. The van der Waals surface area contributed by atoms with E-state index >= 15 is 0 Å². The van der Waals surface area contributed by atoms with E-state index in [9.17, 15) is 4.79 Å². The number of aryl methyl sites for hydroxylation is 1. The van der Waals surface area contributed by atoms with Crippen LogP contribution >= 0.6 is 11.3 Å². The molecule has 0 bridgehead atoms. The second kappa shape index (κ2) is 6.43. The zero-order valence-electron chi connectivity index (χ0n) is 11.8. The summed E-state index contributed by atoms with van der Waals surface area (Å²) in [6, 6.07) is 7.96. The van der Waals surface area contributed by atoms with Crippen molar-refractivity contribution in [1.29, 1.82) is 0 Å². The van der Waals surface area contributed by atoms with Crippen molar-refractivity contribution >= 4 is 28.5 Å². The molecule has 0 radical (unpaired) electrons. The van der Waals surface area contributed by atoms with E-state index in [4.69, 9.17) is 0 Å². The number of hydrogen-bond acceptors (Lipinski definition) is 4. The molecule has 5 heteroatoms. The molecule has 1 aromatic heterocycles. The number of amides is 1. The Hall–Kier alpha value is -2.01. The molecule has 1 aromatic carbocycles. The molecule has 2 rings (SSSR count). The van der Waals surface area contributed by atoms with Crippen LogP contribution in [0.2, 0.25) is 0 Å². The highest BCUT2D eigenvalue weighted by molar-refractivity contribution is 7.15. The smallest absolute Gasteiger partial charge is 0.250 e. The minimum atomic E-state index is -0.196. The summed E-state index contributed by atoms with van der Waals surface area (Å²) in [5.74, 6) is 0.124. The highest BCUT2D eigenvalue weighted by atomic mass is 32.1. The number of benzene rings is 1. The first kappa shape index (κ1) is 14.4. The number of nitrogens with one attached hydrogen (secondary N) is 1. The lowest BCUT2D eigenvalue weighted by Crippen LogP contribution is -2.07. The number of hydrogen-bond donors (Lipinski definition) is 1. The highest BCUT2D eigenvalue weighted by Crippen LogP contribution is 2.22. The lowest BCUT2D eigenvalue weighted by atomic mass is 10.1. The maximum atomic E-state index is 11.8. The average molecular weight is 287 g/mol. The van der Waals surface area contributed by atoms with Crippen LogP contribution in [0.25, 0.3) is 6.08 Å². The molecular formula is C15H17N3OS. The summed E-state index contributed by atoms with van der Waals surface area (Å²) < 4.78 is 0. The Morgan fingerprint density at radius 3 is 2.80 bits per heavy atom. The first-order valence-corrected chi connectivity index (χ1v) is 7.25. The van der Waals surface area contributed by atoms with Gasteiger partial charge in [-0.1, -0.05) is 55.0 Å². The molecule has 0 atom stereocenters. The summed E-state index contributed by atoms with van der Waals surface area (Å²) in [6.07, 6.45) is 3.29. The number of aromatic nitrogens is 2. The SMILES string of the molecule is Cc1cccc(/C=C/C(=O)Nc2nnc(C(C)C)s2)c1. The molecule has 1 heterocycles. The molecule has 4 nitrogen and oxygen atoms in total. The van der Waals surface area contributed by atoms with E-state index in [-0.39, 0.29) is 5.91 Å². The minimum absolute atomic E-state index is 0.196. The van der Waals surface area contributed by atoms with E-state index in [1.807, 2.05) is 45.0 Å². The van der Waals surface area contributed by atoms with Crippen LogP contribution in [0.15, 0.2) is 30.3 Å². The first-order chi connectivity index (χ1) is 9.54. The number of carbonyl (C=O) groups is 1. The summed E-state index contributed by atoms with van der Waals surface area (Å²) >= 11 is 1.41. The van der Waals surface area contributed by atoms with Crippen LogP contribution in [-0.2, 0) is 4.79 Å². The van der Waals surface area contributed by atoms with Gasteiger partial charge in [0.05, 0.1) is 0 Å². The molecule has 0 aliphatic heterocycles. The van der Waals surface area contributed by atoms with Gasteiger partial charge in [0.15, 0.2) is 0 Å². The summed E-state index contributed by atoms with van der Waals surface area (Å²) in [6.45, 7) is 6.11. The molecule has 0 spiro atoms. The van der Waals surface area contributed by atoms with Crippen molar-refractivity contribution in [2.24, 2.45) is 0 Å². The van der Waals surface area contributed by atoms with Crippen LogP contribution in [0, 0.1) is 6.92 Å². The molecule has 104 valence electrons. The zero-order chi connectivity index (χ0) is 14.5. The Kier molecular flexibility index (Phi) is 4.63. The fraction of sp³-hybridized carbons (Fsp3) is 0.267. The van der Waals surface area contributed by atoms with Crippen molar-refractivity contribution in [3.05, 3.63) is 46.5 Å². The van der Waals surface area contributed by atoms with Crippen LogP contribution < -0.4 is 5.32 Å². The molecule has 1 amide bonds. The minimum Gasteiger partial charge on any atom is -0.297 e. The van der Waals surface area contributed by atoms with E-state index < -0.39 is 0 Å². The Balaban J connectivity index is 1.98. The summed E-state index contributed by atoms with van der Waals surface area (Å²) in [7, 11) is 0. The molecule has 0 fully saturated rings. The predicted octanol–water partition coefficient (Wildman–Crippen LogP) is 3.62. The van der Waals surface area contributed by atoms with E-state index in [1.165, 1.54) is 23.0 Å². The largest absolute Gasteiger partial charge is 0.297 e. The Labute approximate surface area is 122 Å². The first-order valence-electron chi connectivity index (χ1n) is 6.44. The molecular weight excluding hydrogens is 270 g/mol. The van der Waals surface area contributed by atoms with Gasteiger partial charge < -0.3 is 0 Å². The standard InChI is InChI=1S/C15H17N3OS/c1-10(2)14-17-18-15(20-14)16-13(19)8-7-12-6-4-5-11(3)9-12/h4-10H,1-3H3,(H,16,18,19)/b8-7+. The number of nitrogens with zero attached hydrogens (tertiary/aromatic N) is 2. The fourth-order valence-electron chi connectivity index (χ4n) is 1.61. The van der Waals surface area contributed by atoms with Crippen molar-refractivity contribution in [2.45, 2.75) is 26.7 Å². The predicted molar refractivity (Wildman–Crippen MR) is 82.8 cm³/mol. The van der Waals surface area contributed by atoms with Gasteiger partial charge in [0.2, 0.25) is 11.0 Å². The van der Waals surface area contributed by atoms with Crippen molar-refractivity contribution in [2.75, 3.05) is 5.32 Å². The van der Waals surface area contributed by atoms with Crippen molar-refractivity contribution < 1.29 is 4.79 Å². The maximum absolute atomic E-state index is 11.8. The van der Waals surface area contributed by atoms with Gasteiger partial charge in [-0.3, -0.25) is 10.1 Å². The van der Waals surface area contributed by atoms with Gasteiger partial charge in [-0.05, 0) is 18.6 Å². The topological polar surface area (TPSA) is 54.9 Å². The Bertz CT molecular complexity index is 632. The molecule has 0 unspecified atom stereocenters. The van der Waals surface area contributed by atoms with Gasteiger partial charge in [0.1, 0.15) is 5.01 Å². The third-order valence-electron chi connectivity index (χ3n) is 2.63. The van der Waals surface area contributed by atoms with E-state index in [0.717, 1.165) is 10.6 Å². The van der Waals surface area contributed by atoms with Crippen molar-refractivity contribution in [1.82, 2.24) is 10.2 Å². The van der Waals surface area contributed by atoms with Crippen molar-refractivity contribution in [3.63, 3.8) is 0 Å². The Morgan fingerprint density at radius 1 is 1.35 bits per heavy atom. The second-order valence-corrected chi connectivity index (χ2v) is 5.85. The summed E-state index contributed by atoms with van der Waals surface area (Å²) in [4.78, 5) is 11.8. The number of anilines is 1. The lowest BCUT2D eigenvalue weighted by molar-refractivity contribution is -0.111. The van der Waals surface area contributed by atoms with Crippen LogP contribution in [0.5, 0.6) is 0 Å². The molecule has 20 heavy (non-hydrogen) atoms. The second-order valence-electron chi connectivity index (χ2n) is 4.84. The molecule has 2 aromatic rings. The van der Waals surface area contributed by atoms with Crippen molar-refractivity contribution in [3.8, 4) is 0 Å². The monoisotopic (exact) mass is 287 g/mol. The fourth-order valence-corrected chi connectivity index (χ4v) is 2.36. The molecule has 0 aliphatic rings. The zero-order valence-corrected chi connectivity index (χ0v) is 12.6.